The largest absolute Gasteiger partial charge is 0.436 e. The van der Waals surface area contributed by atoms with E-state index in [1.807, 2.05) is 30.3 Å². The first-order valence-electron chi connectivity index (χ1n) is 10.1. The Hall–Kier alpha value is -4.44. The van der Waals surface area contributed by atoms with Gasteiger partial charge in [0.25, 0.3) is 15.9 Å². The molecule has 1 aromatic heterocycles. The fourth-order valence-corrected chi connectivity index (χ4v) is 4.18. The van der Waals surface area contributed by atoms with E-state index in [4.69, 9.17) is 10.2 Å². The number of sulfonamides is 1. The quantitative estimate of drug-likeness (QED) is 0.373. The van der Waals surface area contributed by atoms with Gasteiger partial charge in [0, 0.05) is 17.7 Å². The molecule has 3 aromatic carbocycles. The molecule has 172 valence electrons. The summed E-state index contributed by atoms with van der Waals surface area (Å²) < 4.78 is 33.5. The molecule has 0 atom stereocenters. The molecule has 0 aliphatic heterocycles. The molecule has 4 rings (SSSR count). The molecule has 0 radical (unpaired) electrons. The van der Waals surface area contributed by atoms with Crippen molar-refractivity contribution in [3.8, 4) is 22.8 Å². The molecule has 10 heteroatoms. The van der Waals surface area contributed by atoms with Crippen LogP contribution in [0.1, 0.15) is 15.9 Å². The van der Waals surface area contributed by atoms with Gasteiger partial charge in [-0.15, -0.1) is 0 Å². The number of aromatic nitrogens is 1. The summed E-state index contributed by atoms with van der Waals surface area (Å²) in [5.41, 5.74) is 6.94. The summed E-state index contributed by atoms with van der Waals surface area (Å²) in [6.07, 6.45) is 1.55. The number of amides is 3. The number of urea groups is 1. The topological polar surface area (TPSA) is 144 Å². The van der Waals surface area contributed by atoms with Crippen molar-refractivity contribution in [2.75, 3.05) is 0 Å². The molecule has 0 aliphatic rings. The van der Waals surface area contributed by atoms with Crippen LogP contribution in [0.2, 0.25) is 0 Å². The molecular formula is C24H20N4O5S. The van der Waals surface area contributed by atoms with Gasteiger partial charge in [-0.3, -0.25) is 4.79 Å². The molecule has 0 fully saturated rings. The van der Waals surface area contributed by atoms with Crippen LogP contribution >= 0.6 is 0 Å². The zero-order chi connectivity index (χ0) is 24.1. The number of primary amides is 1. The van der Waals surface area contributed by atoms with Crippen molar-refractivity contribution in [1.29, 1.82) is 0 Å². The zero-order valence-corrected chi connectivity index (χ0v) is 18.6. The minimum atomic E-state index is -4.16. The molecule has 9 nitrogen and oxygen atoms in total. The highest BCUT2D eigenvalue weighted by Gasteiger charge is 2.22. The normalized spacial score (nSPS) is 11.1. The molecule has 4 N–H and O–H groups in total. The summed E-state index contributed by atoms with van der Waals surface area (Å²) in [6, 6.07) is 20.8. The Labute approximate surface area is 195 Å². The van der Waals surface area contributed by atoms with Gasteiger partial charge in [-0.1, -0.05) is 54.6 Å². The Morgan fingerprint density at radius 1 is 0.912 bits per heavy atom. The summed E-state index contributed by atoms with van der Waals surface area (Å²) in [6.45, 7) is 0.149. The van der Waals surface area contributed by atoms with Crippen molar-refractivity contribution in [1.82, 2.24) is 15.0 Å². The zero-order valence-electron chi connectivity index (χ0n) is 17.8. The molecule has 4 aromatic rings. The van der Waals surface area contributed by atoms with Gasteiger partial charge in [-0.25, -0.2) is 22.9 Å². The first-order chi connectivity index (χ1) is 16.3. The van der Waals surface area contributed by atoms with E-state index in [0.717, 1.165) is 5.56 Å². The number of carbonyl (C=O) groups is 2. The van der Waals surface area contributed by atoms with Crippen LogP contribution in [0.25, 0.3) is 22.8 Å². The van der Waals surface area contributed by atoms with Gasteiger partial charge in [0.1, 0.15) is 0 Å². The second-order valence-electron chi connectivity index (χ2n) is 7.24. The van der Waals surface area contributed by atoms with Crippen LogP contribution in [-0.2, 0) is 16.6 Å². The maximum Gasteiger partial charge on any atom is 0.312 e. The lowest BCUT2D eigenvalue weighted by molar-refractivity contribution is 0.0981. The van der Waals surface area contributed by atoms with Crippen molar-refractivity contribution in [2.24, 2.45) is 5.73 Å². The van der Waals surface area contributed by atoms with Crippen LogP contribution in [-0.4, -0.2) is 25.3 Å². The standard InChI is InChI=1S/C24H20N4O5S/c25-24(30)27-14-16-10-12-18(13-11-16)34(31,32)28-22(29)19-8-4-5-9-20(19)23-26-15-21(33-23)17-6-2-1-3-7-17/h1-13,15H,14H2,(H,28,29)(H3,25,27,30). The lowest BCUT2D eigenvalue weighted by Crippen LogP contribution is -2.31. The van der Waals surface area contributed by atoms with E-state index in [2.05, 4.69) is 15.0 Å². The summed E-state index contributed by atoms with van der Waals surface area (Å²) in [5, 5.41) is 2.41. The van der Waals surface area contributed by atoms with E-state index in [1.54, 1.807) is 24.4 Å². The first kappa shape index (κ1) is 22.7. The Morgan fingerprint density at radius 2 is 1.59 bits per heavy atom. The van der Waals surface area contributed by atoms with E-state index in [0.29, 0.717) is 16.9 Å². The number of oxazole rings is 1. The molecule has 0 unspecified atom stereocenters. The molecule has 0 aliphatic carbocycles. The highest BCUT2D eigenvalue weighted by molar-refractivity contribution is 7.90. The van der Waals surface area contributed by atoms with Crippen molar-refractivity contribution < 1.29 is 22.4 Å². The molecule has 1 heterocycles. The maximum atomic E-state index is 12.9. The second-order valence-corrected chi connectivity index (χ2v) is 8.92. The van der Waals surface area contributed by atoms with E-state index in [9.17, 15) is 18.0 Å². The van der Waals surface area contributed by atoms with Gasteiger partial charge >= 0.3 is 6.03 Å². The third-order valence-corrected chi connectivity index (χ3v) is 6.24. The number of rotatable bonds is 7. The fourth-order valence-electron chi connectivity index (χ4n) is 3.21. The molecule has 34 heavy (non-hydrogen) atoms. The van der Waals surface area contributed by atoms with Gasteiger partial charge in [-0.05, 0) is 29.8 Å². The summed E-state index contributed by atoms with van der Waals surface area (Å²) >= 11 is 0. The molecule has 0 bridgehead atoms. The van der Waals surface area contributed by atoms with Crippen molar-refractivity contribution >= 4 is 22.0 Å². The first-order valence-corrected chi connectivity index (χ1v) is 11.6. The smallest absolute Gasteiger partial charge is 0.312 e. The van der Waals surface area contributed by atoms with Crippen molar-refractivity contribution in [3.63, 3.8) is 0 Å². The van der Waals surface area contributed by atoms with E-state index >= 15 is 0 Å². The van der Waals surface area contributed by atoms with Gasteiger partial charge in [0.05, 0.1) is 16.7 Å². The van der Waals surface area contributed by atoms with Crippen LogP contribution in [0.3, 0.4) is 0 Å². The average Bonchev–Trinajstić information content (AvgIpc) is 3.33. The number of hydrogen-bond acceptors (Lipinski definition) is 6. The highest BCUT2D eigenvalue weighted by Crippen LogP contribution is 2.28. The van der Waals surface area contributed by atoms with Crippen LogP contribution in [0.5, 0.6) is 0 Å². The minimum absolute atomic E-state index is 0.0924. The number of nitrogens with zero attached hydrogens (tertiary/aromatic N) is 1. The summed E-state index contributed by atoms with van der Waals surface area (Å²) in [7, 11) is -4.16. The van der Waals surface area contributed by atoms with Gasteiger partial charge in [-0.2, -0.15) is 0 Å². The van der Waals surface area contributed by atoms with E-state index in [-0.39, 0.29) is 22.9 Å². The van der Waals surface area contributed by atoms with Crippen LogP contribution in [0.4, 0.5) is 4.79 Å². The van der Waals surface area contributed by atoms with Gasteiger partial charge in [0.15, 0.2) is 5.76 Å². The number of hydrogen-bond donors (Lipinski definition) is 3. The van der Waals surface area contributed by atoms with E-state index in [1.165, 1.54) is 30.3 Å². The molecular weight excluding hydrogens is 456 g/mol. The summed E-state index contributed by atoms with van der Waals surface area (Å²) in [4.78, 5) is 27.9. The Kier molecular flexibility index (Phi) is 6.42. The SMILES string of the molecule is NC(=O)NCc1ccc(S(=O)(=O)NC(=O)c2ccccc2-c2ncc(-c3ccccc3)o2)cc1. The Bertz CT molecular complexity index is 1430. The van der Waals surface area contributed by atoms with E-state index < -0.39 is 22.0 Å². The number of carbonyl (C=O) groups excluding carboxylic acids is 2. The van der Waals surface area contributed by atoms with Gasteiger partial charge in [0.2, 0.25) is 5.89 Å². The maximum absolute atomic E-state index is 12.9. The van der Waals surface area contributed by atoms with Gasteiger partial charge < -0.3 is 15.5 Å². The fraction of sp³-hybridized carbons (Fsp3) is 0.0417. The van der Waals surface area contributed by atoms with Crippen LogP contribution in [0, 0.1) is 0 Å². The lowest BCUT2D eigenvalue weighted by Gasteiger charge is -2.10. The number of nitrogens with two attached hydrogens (primary N) is 1. The molecule has 0 spiro atoms. The van der Waals surface area contributed by atoms with Crippen LogP contribution < -0.4 is 15.8 Å². The third-order valence-electron chi connectivity index (χ3n) is 4.89. The Balaban J connectivity index is 1.55. The average molecular weight is 477 g/mol. The minimum Gasteiger partial charge on any atom is -0.436 e. The molecule has 3 amide bonds. The highest BCUT2D eigenvalue weighted by atomic mass is 32.2. The van der Waals surface area contributed by atoms with Crippen molar-refractivity contribution in [2.45, 2.75) is 11.4 Å². The second kappa shape index (κ2) is 9.59. The number of benzene rings is 3. The van der Waals surface area contributed by atoms with Crippen molar-refractivity contribution in [3.05, 3.63) is 96.2 Å². The predicted octanol–water partition coefficient (Wildman–Crippen LogP) is 3.30. The lowest BCUT2D eigenvalue weighted by atomic mass is 10.1. The summed E-state index contributed by atoms with van der Waals surface area (Å²) in [5.74, 6) is -0.118. The monoisotopic (exact) mass is 476 g/mol. The molecule has 0 saturated heterocycles. The number of nitrogens with one attached hydrogen (secondary N) is 2. The van der Waals surface area contributed by atoms with Crippen LogP contribution in [0.15, 0.2) is 94.4 Å². The predicted molar refractivity (Wildman–Crippen MR) is 125 cm³/mol. The third kappa shape index (κ3) is 5.13. The molecule has 0 saturated carbocycles. The Morgan fingerprint density at radius 3 is 2.29 bits per heavy atom.